The number of sulfonamides is 2. The number of carbonyl (C=O) groups is 2. The van der Waals surface area contributed by atoms with Crippen molar-refractivity contribution in [3.63, 3.8) is 0 Å². The zero-order valence-corrected chi connectivity index (χ0v) is 29.9. The molecule has 0 aliphatic rings. The van der Waals surface area contributed by atoms with Crippen molar-refractivity contribution in [1.29, 1.82) is 0 Å². The molecule has 0 saturated carbocycles. The monoisotopic (exact) mass is 704 g/mol. The number of amides is 2. The van der Waals surface area contributed by atoms with E-state index in [9.17, 15) is 26.4 Å². The summed E-state index contributed by atoms with van der Waals surface area (Å²) in [5.74, 6) is -0.300. The Hall–Kier alpha value is -4.68. The fraction of sp³-hybridized carbons (Fsp3) is 0.297. The van der Waals surface area contributed by atoms with Gasteiger partial charge in [0.25, 0.3) is 20.0 Å². The van der Waals surface area contributed by atoms with Crippen molar-refractivity contribution in [3.05, 3.63) is 107 Å². The lowest BCUT2D eigenvalue weighted by atomic mass is 10.1. The number of unbranched alkanes of at least 4 members (excludes halogenated alkanes) is 4. The topological polar surface area (TPSA) is 151 Å². The van der Waals surface area contributed by atoms with Crippen LogP contribution >= 0.6 is 0 Å². The van der Waals surface area contributed by atoms with Gasteiger partial charge in [0.1, 0.15) is 0 Å². The third-order valence-electron chi connectivity index (χ3n) is 7.65. The van der Waals surface area contributed by atoms with Gasteiger partial charge < -0.3 is 10.6 Å². The van der Waals surface area contributed by atoms with E-state index in [-0.39, 0.29) is 21.6 Å². The summed E-state index contributed by atoms with van der Waals surface area (Å²) in [6, 6.07) is 23.1. The van der Waals surface area contributed by atoms with E-state index in [4.69, 9.17) is 0 Å². The van der Waals surface area contributed by atoms with Crippen molar-refractivity contribution >= 4 is 54.6 Å². The summed E-state index contributed by atoms with van der Waals surface area (Å²) in [5, 5.41) is 5.62. The Morgan fingerprint density at radius 3 is 1.08 bits per heavy atom. The average molecular weight is 705 g/mol. The van der Waals surface area contributed by atoms with E-state index >= 15 is 0 Å². The number of benzene rings is 4. The van der Waals surface area contributed by atoms with Crippen LogP contribution in [0.1, 0.15) is 67.2 Å². The highest BCUT2D eigenvalue weighted by Crippen LogP contribution is 2.22. The first-order valence-electron chi connectivity index (χ1n) is 16.2. The number of anilines is 4. The number of hydrogen-bond acceptors (Lipinski definition) is 6. The first-order chi connectivity index (χ1) is 23.2. The normalized spacial score (nSPS) is 11.5. The van der Waals surface area contributed by atoms with Crippen LogP contribution < -0.4 is 20.1 Å². The number of carbonyl (C=O) groups excluding carboxylic acids is 2. The molecule has 0 aromatic heterocycles. The fourth-order valence-electron chi connectivity index (χ4n) is 5.48. The molecule has 4 N–H and O–H groups in total. The second kappa shape index (κ2) is 16.6. The van der Waals surface area contributed by atoms with E-state index < -0.39 is 20.0 Å². The van der Waals surface area contributed by atoms with Gasteiger partial charge in [-0.15, -0.1) is 0 Å². The minimum Gasteiger partial charge on any atom is -0.326 e. The van der Waals surface area contributed by atoms with E-state index in [1.54, 1.807) is 48.5 Å². The van der Waals surface area contributed by atoms with Crippen LogP contribution in [0.5, 0.6) is 0 Å². The van der Waals surface area contributed by atoms with Crippen molar-refractivity contribution in [2.24, 2.45) is 0 Å². The highest BCUT2D eigenvalue weighted by atomic mass is 32.2. The number of aryl methyl sites for hydroxylation is 4. The van der Waals surface area contributed by atoms with Crippen molar-refractivity contribution in [2.45, 2.75) is 82.4 Å². The Morgan fingerprint density at radius 2 is 0.755 bits per heavy atom. The molecule has 49 heavy (non-hydrogen) atoms. The zero-order chi connectivity index (χ0) is 35.6. The third-order valence-corrected chi connectivity index (χ3v) is 10.4. The lowest BCUT2D eigenvalue weighted by Gasteiger charge is -2.11. The standard InChI is InChI=1S/C37H44N4O6S2/c1-26-20-27(2)23-32(22-26)40-48(44,45)34-16-12-30(13-17-34)38-36(42)10-8-6-5-7-9-11-37(43)39-31-14-18-35(19-15-31)49(46,47)41-33-24-28(3)21-29(4)25-33/h12-25,40-41H,5-11H2,1-4H3,(H,38,42)(H,39,43). The smallest absolute Gasteiger partial charge is 0.261 e. The van der Waals surface area contributed by atoms with Crippen molar-refractivity contribution in [3.8, 4) is 0 Å². The van der Waals surface area contributed by atoms with Crippen molar-refractivity contribution in [2.75, 3.05) is 20.1 Å². The van der Waals surface area contributed by atoms with Gasteiger partial charge in [-0.1, -0.05) is 31.4 Å². The minimum absolute atomic E-state index is 0.101. The quantitative estimate of drug-likeness (QED) is 0.0874. The molecule has 0 unspecified atom stereocenters. The predicted molar refractivity (Wildman–Crippen MR) is 196 cm³/mol. The molecule has 2 amide bonds. The maximum Gasteiger partial charge on any atom is 0.261 e. The van der Waals surface area contributed by atoms with E-state index in [0.717, 1.165) is 41.5 Å². The molecular formula is C37H44N4O6S2. The molecule has 260 valence electrons. The summed E-state index contributed by atoms with van der Waals surface area (Å²) in [5.41, 5.74) is 5.86. The summed E-state index contributed by atoms with van der Waals surface area (Å²) >= 11 is 0. The molecule has 4 aromatic rings. The van der Waals surface area contributed by atoms with Gasteiger partial charge in [0.15, 0.2) is 0 Å². The van der Waals surface area contributed by atoms with Gasteiger partial charge in [0.2, 0.25) is 11.8 Å². The largest absolute Gasteiger partial charge is 0.326 e. The molecule has 0 atom stereocenters. The Labute approximate surface area is 289 Å². The molecule has 0 aliphatic heterocycles. The Balaban J connectivity index is 1.10. The lowest BCUT2D eigenvalue weighted by molar-refractivity contribution is -0.117. The lowest BCUT2D eigenvalue weighted by Crippen LogP contribution is -2.14. The minimum atomic E-state index is -3.77. The van der Waals surface area contributed by atoms with Crippen LogP contribution in [0.15, 0.2) is 94.7 Å². The summed E-state index contributed by atoms with van der Waals surface area (Å²) in [4.78, 5) is 25.0. The Bertz CT molecular complexity index is 1810. The molecule has 4 rings (SSSR count). The Kier molecular flexibility index (Phi) is 12.6. The van der Waals surface area contributed by atoms with Crippen LogP contribution in [0.2, 0.25) is 0 Å². The predicted octanol–water partition coefficient (Wildman–Crippen LogP) is 7.83. The maximum absolute atomic E-state index is 12.8. The van der Waals surface area contributed by atoms with E-state index in [2.05, 4.69) is 20.1 Å². The van der Waals surface area contributed by atoms with Crippen LogP contribution in [-0.2, 0) is 29.6 Å². The number of hydrogen-bond donors (Lipinski definition) is 4. The molecule has 0 spiro atoms. The van der Waals surface area contributed by atoms with Crippen LogP contribution in [0.25, 0.3) is 0 Å². The molecule has 10 nitrogen and oxygen atoms in total. The van der Waals surface area contributed by atoms with Crippen molar-refractivity contribution < 1.29 is 26.4 Å². The first-order valence-corrected chi connectivity index (χ1v) is 19.2. The van der Waals surface area contributed by atoms with Crippen LogP contribution in [0.3, 0.4) is 0 Å². The maximum atomic E-state index is 12.8. The molecule has 0 aliphatic carbocycles. The molecule has 4 aromatic carbocycles. The number of rotatable bonds is 16. The fourth-order valence-corrected chi connectivity index (χ4v) is 7.56. The molecular weight excluding hydrogens is 661 g/mol. The van der Waals surface area contributed by atoms with Gasteiger partial charge in [-0.25, -0.2) is 16.8 Å². The van der Waals surface area contributed by atoms with Gasteiger partial charge in [-0.05, 0) is 136 Å². The highest BCUT2D eigenvalue weighted by molar-refractivity contribution is 7.93. The summed E-state index contributed by atoms with van der Waals surface area (Å²) < 4.78 is 56.4. The summed E-state index contributed by atoms with van der Waals surface area (Å²) in [6.07, 6.45) is 4.60. The van der Waals surface area contributed by atoms with Crippen LogP contribution in [0, 0.1) is 27.7 Å². The average Bonchev–Trinajstić information content (AvgIpc) is 2.99. The van der Waals surface area contributed by atoms with Crippen molar-refractivity contribution in [1.82, 2.24) is 0 Å². The molecule has 0 fully saturated rings. The first kappa shape index (κ1) is 37.1. The second-order valence-electron chi connectivity index (χ2n) is 12.4. The summed E-state index contributed by atoms with van der Waals surface area (Å²) in [6.45, 7) is 7.61. The third kappa shape index (κ3) is 11.8. The number of nitrogens with one attached hydrogen (secondary N) is 4. The van der Waals surface area contributed by atoms with Gasteiger partial charge in [0, 0.05) is 35.6 Å². The van der Waals surface area contributed by atoms with Gasteiger partial charge in [-0.3, -0.25) is 19.0 Å². The van der Waals surface area contributed by atoms with Crippen LogP contribution in [-0.4, -0.2) is 28.6 Å². The second-order valence-corrected chi connectivity index (χ2v) is 15.7. The van der Waals surface area contributed by atoms with E-state index in [1.807, 2.05) is 39.8 Å². The van der Waals surface area contributed by atoms with E-state index in [1.165, 1.54) is 24.3 Å². The molecule has 12 heteroatoms. The molecule has 0 heterocycles. The van der Waals surface area contributed by atoms with Gasteiger partial charge in [0.05, 0.1) is 9.79 Å². The summed E-state index contributed by atoms with van der Waals surface area (Å²) in [7, 11) is -7.53. The Morgan fingerprint density at radius 1 is 0.449 bits per heavy atom. The molecule has 0 saturated heterocycles. The molecule has 0 radical (unpaired) electrons. The zero-order valence-electron chi connectivity index (χ0n) is 28.3. The van der Waals surface area contributed by atoms with Gasteiger partial charge in [-0.2, -0.15) is 0 Å². The van der Waals surface area contributed by atoms with Gasteiger partial charge >= 0.3 is 0 Å². The SMILES string of the molecule is Cc1cc(C)cc(NS(=O)(=O)c2ccc(NC(=O)CCCCCCCC(=O)Nc3ccc(S(=O)(=O)Nc4cc(C)cc(C)c4)cc3)cc2)c1. The van der Waals surface area contributed by atoms with Crippen LogP contribution in [0.4, 0.5) is 22.7 Å². The highest BCUT2D eigenvalue weighted by Gasteiger charge is 2.16. The van der Waals surface area contributed by atoms with E-state index in [0.29, 0.717) is 48.4 Å². The molecule has 0 bridgehead atoms.